The predicted octanol–water partition coefficient (Wildman–Crippen LogP) is 7.98. The van der Waals surface area contributed by atoms with Gasteiger partial charge in [-0.2, -0.15) is 0 Å². The third kappa shape index (κ3) is 28.9. The van der Waals surface area contributed by atoms with Crippen LogP contribution in [0.25, 0.3) is 0 Å². The molecule has 1 fully saturated rings. The molecule has 0 saturated heterocycles. The SMILES string of the molecule is CCCCCCCCCCCCCCC(=O)O[C@@H](COC(=O)CCCCCCCCCCCC1CC1)COP(=O)([O-])OCC[NH3+]. The Morgan fingerprint density at radius 2 is 1.16 bits per heavy atom. The van der Waals surface area contributed by atoms with Gasteiger partial charge < -0.3 is 29.1 Å². The molecule has 0 aliphatic heterocycles. The molecular formula is C35H68NO8P. The van der Waals surface area contributed by atoms with Crippen LogP contribution in [0.5, 0.6) is 0 Å². The van der Waals surface area contributed by atoms with Crippen LogP contribution in [0.15, 0.2) is 0 Å². The number of unbranched alkanes of at least 4 members (excludes halogenated alkanes) is 19. The lowest BCUT2D eigenvalue weighted by molar-refractivity contribution is -0.373. The van der Waals surface area contributed by atoms with Crippen LogP contribution in [0, 0.1) is 5.92 Å². The van der Waals surface area contributed by atoms with Gasteiger partial charge in [-0.3, -0.25) is 14.2 Å². The minimum Gasteiger partial charge on any atom is -0.756 e. The van der Waals surface area contributed by atoms with Gasteiger partial charge in [0.05, 0.1) is 13.2 Å². The van der Waals surface area contributed by atoms with Gasteiger partial charge in [-0.15, -0.1) is 0 Å². The van der Waals surface area contributed by atoms with Crippen molar-refractivity contribution in [3.63, 3.8) is 0 Å². The number of carbonyl (C=O) groups is 2. The molecule has 1 aliphatic rings. The summed E-state index contributed by atoms with van der Waals surface area (Å²) >= 11 is 0. The molecule has 266 valence electrons. The molecule has 0 amide bonds. The second-order valence-electron chi connectivity index (χ2n) is 13.0. The molecule has 0 bridgehead atoms. The summed E-state index contributed by atoms with van der Waals surface area (Å²) in [4.78, 5) is 36.7. The molecule has 1 aliphatic carbocycles. The van der Waals surface area contributed by atoms with Crippen LogP contribution >= 0.6 is 7.82 Å². The van der Waals surface area contributed by atoms with Crippen molar-refractivity contribution in [1.29, 1.82) is 0 Å². The molecule has 9 nitrogen and oxygen atoms in total. The maximum atomic E-state index is 12.5. The number of ether oxygens (including phenoxy) is 2. The fourth-order valence-electron chi connectivity index (χ4n) is 5.46. The van der Waals surface area contributed by atoms with Crippen LogP contribution in [0.1, 0.15) is 174 Å². The fourth-order valence-corrected chi connectivity index (χ4v) is 6.24. The number of phosphoric ester groups is 1. The number of rotatable bonds is 34. The molecular weight excluding hydrogens is 593 g/mol. The zero-order chi connectivity index (χ0) is 32.9. The lowest BCUT2D eigenvalue weighted by atomic mass is 10.0. The van der Waals surface area contributed by atoms with E-state index in [0.717, 1.165) is 38.0 Å². The van der Waals surface area contributed by atoms with Gasteiger partial charge in [0, 0.05) is 12.8 Å². The summed E-state index contributed by atoms with van der Waals surface area (Å²) in [5.74, 6) is 0.208. The summed E-state index contributed by atoms with van der Waals surface area (Å²) in [6, 6.07) is 0. The second-order valence-corrected chi connectivity index (χ2v) is 14.4. The van der Waals surface area contributed by atoms with Crippen molar-refractivity contribution < 1.29 is 43.3 Å². The lowest BCUT2D eigenvalue weighted by Crippen LogP contribution is -2.52. The van der Waals surface area contributed by atoms with E-state index in [-0.39, 0.29) is 38.6 Å². The van der Waals surface area contributed by atoms with E-state index in [1.165, 1.54) is 116 Å². The molecule has 1 saturated carbocycles. The Labute approximate surface area is 275 Å². The Morgan fingerprint density at radius 3 is 1.64 bits per heavy atom. The minimum atomic E-state index is -4.57. The molecule has 0 aromatic rings. The molecule has 0 heterocycles. The van der Waals surface area contributed by atoms with E-state index in [1.54, 1.807) is 0 Å². The second kappa shape index (κ2) is 29.2. The third-order valence-corrected chi connectivity index (χ3v) is 9.43. The maximum absolute atomic E-state index is 12.5. The van der Waals surface area contributed by atoms with Crippen molar-refractivity contribution in [2.45, 2.75) is 180 Å². The number of phosphoric acid groups is 1. The molecule has 10 heteroatoms. The van der Waals surface area contributed by atoms with Gasteiger partial charge >= 0.3 is 11.9 Å². The minimum absolute atomic E-state index is 0.0977. The van der Waals surface area contributed by atoms with E-state index >= 15 is 0 Å². The Balaban J connectivity index is 2.19. The van der Waals surface area contributed by atoms with Gasteiger partial charge in [-0.1, -0.05) is 148 Å². The lowest BCUT2D eigenvalue weighted by Gasteiger charge is -2.25. The number of esters is 2. The van der Waals surface area contributed by atoms with Gasteiger partial charge in [-0.05, 0) is 18.8 Å². The van der Waals surface area contributed by atoms with E-state index in [2.05, 4.69) is 12.7 Å². The van der Waals surface area contributed by atoms with Gasteiger partial charge in [0.15, 0.2) is 6.10 Å². The van der Waals surface area contributed by atoms with Crippen molar-refractivity contribution in [3.8, 4) is 0 Å². The predicted molar refractivity (Wildman–Crippen MR) is 177 cm³/mol. The molecule has 45 heavy (non-hydrogen) atoms. The summed E-state index contributed by atoms with van der Waals surface area (Å²) < 4.78 is 32.4. The van der Waals surface area contributed by atoms with Gasteiger partial charge in [-0.25, -0.2) is 0 Å². The van der Waals surface area contributed by atoms with E-state index in [9.17, 15) is 19.0 Å². The molecule has 1 rings (SSSR count). The Bertz CT molecular complexity index is 764. The van der Waals surface area contributed by atoms with Crippen LogP contribution in [-0.2, 0) is 32.7 Å². The van der Waals surface area contributed by atoms with Crippen molar-refractivity contribution in [1.82, 2.24) is 0 Å². The molecule has 0 aromatic carbocycles. The summed E-state index contributed by atoms with van der Waals surface area (Å²) in [6.45, 7) is 1.70. The highest BCUT2D eigenvalue weighted by atomic mass is 31.2. The van der Waals surface area contributed by atoms with E-state index in [0.29, 0.717) is 6.42 Å². The number of hydrogen-bond donors (Lipinski definition) is 1. The average Bonchev–Trinajstić information content (AvgIpc) is 3.85. The molecule has 1 unspecified atom stereocenters. The molecule has 0 aromatic heterocycles. The average molecular weight is 662 g/mol. The largest absolute Gasteiger partial charge is 0.756 e. The van der Waals surface area contributed by atoms with Crippen molar-refractivity contribution >= 4 is 19.8 Å². The first-order valence-corrected chi connectivity index (χ1v) is 20.1. The zero-order valence-electron chi connectivity index (χ0n) is 28.8. The van der Waals surface area contributed by atoms with Gasteiger partial charge in [0.1, 0.15) is 13.2 Å². The van der Waals surface area contributed by atoms with Crippen LogP contribution < -0.4 is 10.6 Å². The summed E-state index contributed by atoms with van der Waals surface area (Å²) in [5.41, 5.74) is 3.54. The zero-order valence-corrected chi connectivity index (χ0v) is 29.7. The number of hydrogen-bond acceptors (Lipinski definition) is 8. The van der Waals surface area contributed by atoms with Crippen LogP contribution in [0.4, 0.5) is 0 Å². The quantitative estimate of drug-likeness (QED) is 0.0416. The highest BCUT2D eigenvalue weighted by Crippen LogP contribution is 2.38. The first kappa shape index (κ1) is 42.0. The summed E-state index contributed by atoms with van der Waals surface area (Å²) in [7, 11) is -4.57. The van der Waals surface area contributed by atoms with Crippen LogP contribution in [0.3, 0.4) is 0 Å². The van der Waals surface area contributed by atoms with E-state index in [1.807, 2.05) is 0 Å². The normalized spacial score (nSPS) is 15.1. The monoisotopic (exact) mass is 661 g/mol. The van der Waals surface area contributed by atoms with Gasteiger partial charge in [0.25, 0.3) is 7.82 Å². The first-order valence-electron chi connectivity index (χ1n) is 18.6. The van der Waals surface area contributed by atoms with Crippen molar-refractivity contribution in [3.05, 3.63) is 0 Å². The van der Waals surface area contributed by atoms with E-state index in [4.69, 9.17) is 18.5 Å². The van der Waals surface area contributed by atoms with Crippen molar-refractivity contribution in [2.75, 3.05) is 26.4 Å². The van der Waals surface area contributed by atoms with Crippen molar-refractivity contribution in [2.24, 2.45) is 5.92 Å². The van der Waals surface area contributed by atoms with Crippen LogP contribution in [-0.4, -0.2) is 44.4 Å². The molecule has 0 spiro atoms. The third-order valence-electron chi connectivity index (χ3n) is 8.47. The number of carbonyl (C=O) groups excluding carboxylic acids is 2. The van der Waals surface area contributed by atoms with Crippen LogP contribution in [0.2, 0.25) is 0 Å². The Morgan fingerprint density at radius 1 is 0.689 bits per heavy atom. The smallest absolute Gasteiger partial charge is 0.306 e. The molecule has 2 atom stereocenters. The topological polar surface area (TPSA) is 139 Å². The van der Waals surface area contributed by atoms with E-state index < -0.39 is 26.5 Å². The standard InChI is InChI=1S/C35H68NO8P/c1-2-3-4-5-6-7-8-9-12-16-19-22-25-35(38)44-33(31-43-45(39,40)42-29-28-36)30-41-34(37)24-21-18-15-13-10-11-14-17-20-23-32-26-27-32/h32-33H,2-31,36H2,1H3,(H,39,40)/t33-/m0/s1. The summed E-state index contributed by atoms with van der Waals surface area (Å²) in [5, 5.41) is 0. The molecule has 0 radical (unpaired) electrons. The highest BCUT2D eigenvalue weighted by molar-refractivity contribution is 7.45. The number of quaternary nitrogens is 1. The Hall–Kier alpha value is -0.990. The Kier molecular flexibility index (Phi) is 27.2. The molecule has 3 N–H and O–H groups in total. The summed E-state index contributed by atoms with van der Waals surface area (Å²) in [6.07, 6.45) is 28.8. The highest BCUT2D eigenvalue weighted by Gasteiger charge is 2.21. The maximum Gasteiger partial charge on any atom is 0.306 e. The first-order chi connectivity index (χ1) is 21.9. The fraction of sp³-hybridized carbons (Fsp3) is 0.943. The van der Waals surface area contributed by atoms with Gasteiger partial charge in [0.2, 0.25) is 0 Å².